The first-order chi connectivity index (χ1) is 8.16. The van der Waals surface area contributed by atoms with Crippen LogP contribution in [0.2, 0.25) is 0 Å². The average Bonchev–Trinajstić information content (AvgIpc) is 2.24. The molecule has 0 aromatic heterocycles. The van der Waals surface area contributed by atoms with Crippen molar-refractivity contribution in [3.05, 3.63) is 0 Å². The van der Waals surface area contributed by atoms with Crippen LogP contribution < -0.4 is 0 Å². The van der Waals surface area contributed by atoms with Crippen molar-refractivity contribution in [3.63, 3.8) is 0 Å². The van der Waals surface area contributed by atoms with Crippen molar-refractivity contribution in [3.8, 4) is 0 Å². The van der Waals surface area contributed by atoms with Crippen molar-refractivity contribution >= 4 is 23.9 Å². The van der Waals surface area contributed by atoms with Gasteiger partial charge in [0.15, 0.2) is 12.2 Å². The zero-order chi connectivity index (χ0) is 14.5. The monoisotopic (exact) mass is 266 g/mol. The van der Waals surface area contributed by atoms with Gasteiger partial charge in [-0.15, -0.1) is 0 Å². The second kappa shape index (κ2) is 6.51. The fraction of sp³-hybridized carbons (Fsp3) is 0.500. The fourth-order valence-corrected chi connectivity index (χ4v) is 0.814. The molecular weight excluding hydrogens is 256 g/mol. The zero-order valence-corrected chi connectivity index (χ0v) is 8.72. The van der Waals surface area contributed by atoms with Gasteiger partial charge < -0.3 is 30.3 Å². The molecule has 102 valence electrons. The summed E-state index contributed by atoms with van der Waals surface area (Å²) in [4.78, 5) is 42.0. The summed E-state index contributed by atoms with van der Waals surface area (Å²) in [6.07, 6.45) is -8.09. The van der Waals surface area contributed by atoms with Crippen LogP contribution in [0.4, 0.5) is 0 Å². The van der Waals surface area contributed by atoms with Crippen molar-refractivity contribution in [2.75, 3.05) is 0 Å². The van der Waals surface area contributed by atoms with Crippen LogP contribution in [0.3, 0.4) is 0 Å². The standard InChI is InChI=1S/C8H10O10/c9-2(6(12)13)1-3(10)18-5(8(16)17)4(11)7(14)15/h2,4-5,9,11H,1H2,(H,12,13)(H,14,15)(H,16,17). The summed E-state index contributed by atoms with van der Waals surface area (Å²) in [6.45, 7) is 0. The lowest BCUT2D eigenvalue weighted by Gasteiger charge is -2.16. The van der Waals surface area contributed by atoms with Gasteiger partial charge in [-0.3, -0.25) is 4.79 Å². The molecule has 0 fully saturated rings. The van der Waals surface area contributed by atoms with Crippen LogP contribution in [0.5, 0.6) is 0 Å². The Morgan fingerprint density at radius 2 is 1.39 bits per heavy atom. The highest BCUT2D eigenvalue weighted by Gasteiger charge is 2.36. The van der Waals surface area contributed by atoms with E-state index in [1.54, 1.807) is 0 Å². The van der Waals surface area contributed by atoms with Crippen LogP contribution in [0, 0.1) is 0 Å². The van der Waals surface area contributed by atoms with E-state index in [4.69, 9.17) is 25.5 Å². The number of rotatable bonds is 7. The topological polar surface area (TPSA) is 179 Å². The number of carboxylic acid groups (broad SMARTS) is 3. The quantitative estimate of drug-likeness (QED) is 0.303. The Bertz CT molecular complexity index is 361. The predicted octanol–water partition coefficient (Wildman–Crippen LogP) is -2.74. The van der Waals surface area contributed by atoms with Crippen LogP contribution in [0.15, 0.2) is 0 Å². The Kier molecular flexibility index (Phi) is 5.72. The highest BCUT2D eigenvalue weighted by molar-refractivity contribution is 5.86. The maximum Gasteiger partial charge on any atom is 0.348 e. The molecule has 0 aliphatic heterocycles. The van der Waals surface area contributed by atoms with E-state index >= 15 is 0 Å². The van der Waals surface area contributed by atoms with Crippen molar-refractivity contribution in [1.29, 1.82) is 0 Å². The third-order valence-corrected chi connectivity index (χ3v) is 1.69. The SMILES string of the molecule is O=C(CC(O)C(=O)O)OC(C(=O)O)C(O)C(=O)O. The van der Waals surface area contributed by atoms with Crippen LogP contribution in [0.25, 0.3) is 0 Å². The summed E-state index contributed by atoms with van der Waals surface area (Å²) in [7, 11) is 0. The molecular formula is C8H10O10. The van der Waals surface area contributed by atoms with Crippen LogP contribution in [0.1, 0.15) is 6.42 Å². The van der Waals surface area contributed by atoms with Gasteiger partial charge in [-0.1, -0.05) is 0 Å². The molecule has 0 aromatic rings. The molecule has 0 bridgehead atoms. The lowest BCUT2D eigenvalue weighted by atomic mass is 10.2. The van der Waals surface area contributed by atoms with E-state index in [0.29, 0.717) is 0 Å². The van der Waals surface area contributed by atoms with Crippen molar-refractivity contribution < 1.29 is 49.4 Å². The van der Waals surface area contributed by atoms with Gasteiger partial charge in [-0.2, -0.15) is 0 Å². The molecule has 0 spiro atoms. The van der Waals surface area contributed by atoms with Crippen LogP contribution in [-0.4, -0.2) is 67.7 Å². The van der Waals surface area contributed by atoms with Gasteiger partial charge in [0.05, 0.1) is 6.42 Å². The maximum absolute atomic E-state index is 11.0. The molecule has 0 aromatic carbocycles. The molecule has 0 amide bonds. The highest BCUT2D eigenvalue weighted by atomic mass is 16.6. The Hall–Kier alpha value is -2.20. The number of carbonyl (C=O) groups excluding carboxylic acids is 1. The second-order valence-corrected chi connectivity index (χ2v) is 3.09. The number of carbonyl (C=O) groups is 4. The van der Waals surface area contributed by atoms with Crippen LogP contribution in [-0.2, 0) is 23.9 Å². The Balaban J connectivity index is 4.61. The van der Waals surface area contributed by atoms with Gasteiger partial charge in [-0.25, -0.2) is 14.4 Å². The number of aliphatic hydroxyl groups excluding tert-OH is 2. The number of aliphatic hydroxyl groups is 2. The van der Waals surface area contributed by atoms with E-state index in [-0.39, 0.29) is 0 Å². The largest absolute Gasteiger partial charge is 0.479 e. The first-order valence-electron chi connectivity index (χ1n) is 4.40. The lowest BCUT2D eigenvalue weighted by Crippen LogP contribution is -2.43. The van der Waals surface area contributed by atoms with Gasteiger partial charge in [0, 0.05) is 0 Å². The summed E-state index contributed by atoms with van der Waals surface area (Å²) in [6, 6.07) is 0. The Labute approximate surface area is 99.0 Å². The molecule has 0 heterocycles. The van der Waals surface area contributed by atoms with Crippen molar-refractivity contribution in [2.24, 2.45) is 0 Å². The molecule has 0 radical (unpaired) electrons. The third kappa shape index (κ3) is 4.76. The third-order valence-electron chi connectivity index (χ3n) is 1.69. The normalized spacial score (nSPS) is 15.2. The molecule has 0 saturated carbocycles. The Morgan fingerprint density at radius 1 is 0.889 bits per heavy atom. The minimum Gasteiger partial charge on any atom is -0.479 e. The molecule has 3 atom stereocenters. The lowest BCUT2D eigenvalue weighted by molar-refractivity contribution is -0.180. The number of hydrogen-bond donors (Lipinski definition) is 5. The van der Waals surface area contributed by atoms with Gasteiger partial charge in [-0.05, 0) is 0 Å². The summed E-state index contributed by atoms with van der Waals surface area (Å²) in [5, 5.41) is 42.8. The summed E-state index contributed by atoms with van der Waals surface area (Å²) >= 11 is 0. The second-order valence-electron chi connectivity index (χ2n) is 3.09. The van der Waals surface area contributed by atoms with Gasteiger partial charge in [0.1, 0.15) is 0 Å². The predicted molar refractivity (Wildman–Crippen MR) is 49.4 cm³/mol. The highest BCUT2D eigenvalue weighted by Crippen LogP contribution is 2.05. The van der Waals surface area contributed by atoms with E-state index in [9.17, 15) is 19.2 Å². The molecule has 5 N–H and O–H groups in total. The summed E-state index contributed by atoms with van der Waals surface area (Å²) in [5.41, 5.74) is 0. The first-order valence-corrected chi connectivity index (χ1v) is 4.40. The summed E-state index contributed by atoms with van der Waals surface area (Å²) < 4.78 is 4.06. The smallest absolute Gasteiger partial charge is 0.348 e. The number of carboxylic acids is 3. The zero-order valence-electron chi connectivity index (χ0n) is 8.72. The molecule has 18 heavy (non-hydrogen) atoms. The number of esters is 1. The maximum atomic E-state index is 11.0. The minimum atomic E-state index is -2.51. The van der Waals surface area contributed by atoms with E-state index < -0.39 is 48.6 Å². The molecule has 0 rings (SSSR count). The van der Waals surface area contributed by atoms with E-state index in [0.717, 1.165) is 0 Å². The Morgan fingerprint density at radius 3 is 1.72 bits per heavy atom. The van der Waals surface area contributed by atoms with Gasteiger partial charge >= 0.3 is 23.9 Å². The van der Waals surface area contributed by atoms with Gasteiger partial charge in [0.2, 0.25) is 6.10 Å². The molecule has 0 aliphatic carbocycles. The molecule has 10 heteroatoms. The van der Waals surface area contributed by atoms with Gasteiger partial charge in [0.25, 0.3) is 0 Å². The molecule has 10 nitrogen and oxygen atoms in total. The first kappa shape index (κ1) is 15.8. The average molecular weight is 266 g/mol. The fourth-order valence-electron chi connectivity index (χ4n) is 0.814. The number of aliphatic carboxylic acids is 3. The molecule has 0 saturated heterocycles. The van der Waals surface area contributed by atoms with E-state index in [2.05, 4.69) is 4.74 Å². The summed E-state index contributed by atoms with van der Waals surface area (Å²) in [5.74, 6) is -7.08. The molecule has 3 unspecified atom stereocenters. The number of hydrogen-bond acceptors (Lipinski definition) is 7. The number of ether oxygens (including phenoxy) is 1. The molecule has 0 aliphatic rings. The van der Waals surface area contributed by atoms with Crippen molar-refractivity contribution in [2.45, 2.75) is 24.7 Å². The van der Waals surface area contributed by atoms with E-state index in [1.165, 1.54) is 0 Å². The van der Waals surface area contributed by atoms with Crippen molar-refractivity contribution in [1.82, 2.24) is 0 Å². The minimum absolute atomic E-state index is 1.08. The van der Waals surface area contributed by atoms with Crippen LogP contribution >= 0.6 is 0 Å². The van der Waals surface area contributed by atoms with E-state index in [1.807, 2.05) is 0 Å².